The molecule has 25 heavy (non-hydrogen) atoms. The summed E-state index contributed by atoms with van der Waals surface area (Å²) in [5, 5.41) is 0. The second-order valence-electron chi connectivity index (χ2n) is 7.37. The number of nitrogens with zero attached hydrogens (tertiary/aromatic N) is 3. The van der Waals surface area contributed by atoms with Crippen LogP contribution in [0.1, 0.15) is 37.7 Å². The summed E-state index contributed by atoms with van der Waals surface area (Å²) in [5.74, 6) is 0.269. The summed E-state index contributed by atoms with van der Waals surface area (Å²) in [6.07, 6.45) is 6.01. The van der Waals surface area contributed by atoms with Crippen molar-refractivity contribution in [2.75, 3.05) is 38.6 Å². The Morgan fingerprint density at radius 2 is 1.72 bits per heavy atom. The lowest BCUT2D eigenvalue weighted by Gasteiger charge is -2.36. The molecule has 3 amide bonds. The molecule has 0 aliphatic carbocycles. The molecule has 2 aliphatic rings. The molecule has 1 aromatic carbocycles. The molecule has 0 N–H and O–H groups in total. The first kappa shape index (κ1) is 17.8. The number of hydrogen-bond acceptors (Lipinski definition) is 2. The van der Waals surface area contributed by atoms with E-state index in [9.17, 15) is 9.59 Å². The van der Waals surface area contributed by atoms with Gasteiger partial charge in [0.2, 0.25) is 5.91 Å². The minimum absolute atomic E-state index is 0.0266. The van der Waals surface area contributed by atoms with Crippen LogP contribution >= 0.6 is 0 Å². The number of likely N-dealkylation sites (tertiary alicyclic amines) is 1. The van der Waals surface area contributed by atoms with Crippen molar-refractivity contribution in [1.29, 1.82) is 0 Å². The first-order valence-electron chi connectivity index (χ1n) is 9.43. The number of carbonyl (C=O) groups excluding carboxylic acids is 2. The van der Waals surface area contributed by atoms with Crippen molar-refractivity contribution >= 4 is 17.6 Å². The van der Waals surface area contributed by atoms with E-state index >= 15 is 0 Å². The van der Waals surface area contributed by atoms with Gasteiger partial charge >= 0.3 is 6.03 Å². The van der Waals surface area contributed by atoms with Crippen molar-refractivity contribution in [1.82, 2.24) is 9.80 Å². The fourth-order valence-corrected chi connectivity index (χ4v) is 3.92. The van der Waals surface area contributed by atoms with Crippen LogP contribution in [0, 0.1) is 5.92 Å². The van der Waals surface area contributed by atoms with E-state index < -0.39 is 0 Å². The Morgan fingerprint density at radius 3 is 2.44 bits per heavy atom. The second-order valence-corrected chi connectivity index (χ2v) is 7.37. The Balaban J connectivity index is 1.70. The van der Waals surface area contributed by atoms with Crippen LogP contribution in [0.5, 0.6) is 0 Å². The fourth-order valence-electron chi connectivity index (χ4n) is 3.92. The maximum atomic E-state index is 13.2. The van der Waals surface area contributed by atoms with Crippen LogP contribution in [0.2, 0.25) is 0 Å². The number of amides is 3. The maximum Gasteiger partial charge on any atom is 0.319 e. The van der Waals surface area contributed by atoms with Gasteiger partial charge in [0.05, 0.1) is 0 Å². The Labute approximate surface area is 150 Å². The van der Waals surface area contributed by atoms with Gasteiger partial charge in [-0.25, -0.2) is 4.79 Å². The lowest BCUT2D eigenvalue weighted by Crippen LogP contribution is -2.47. The SMILES string of the molecule is CN(C)C(=O)N1CCC(C(=O)N2CCCCCc3ccccc32)CC1. The summed E-state index contributed by atoms with van der Waals surface area (Å²) < 4.78 is 0. The number of benzene rings is 1. The van der Waals surface area contributed by atoms with E-state index in [0.717, 1.165) is 37.9 Å². The first-order chi connectivity index (χ1) is 12.1. The number of para-hydroxylation sites is 1. The van der Waals surface area contributed by atoms with E-state index in [-0.39, 0.29) is 17.9 Å². The zero-order valence-electron chi connectivity index (χ0n) is 15.4. The number of carbonyl (C=O) groups is 2. The van der Waals surface area contributed by atoms with Gasteiger partial charge in [-0.3, -0.25) is 4.79 Å². The standard InChI is InChI=1S/C20H29N3O2/c1-21(2)20(25)22-14-11-17(12-15-22)19(24)23-13-7-3-4-8-16-9-5-6-10-18(16)23/h5-6,9-10,17H,3-4,7-8,11-15H2,1-2H3. The Morgan fingerprint density at radius 1 is 1.00 bits per heavy atom. The summed E-state index contributed by atoms with van der Waals surface area (Å²) in [4.78, 5) is 30.8. The van der Waals surface area contributed by atoms with E-state index in [1.54, 1.807) is 19.0 Å². The highest BCUT2D eigenvalue weighted by Crippen LogP contribution is 2.29. The van der Waals surface area contributed by atoms with Gasteiger partial charge in [0.1, 0.15) is 0 Å². The summed E-state index contributed by atoms with van der Waals surface area (Å²) in [5.41, 5.74) is 2.38. The van der Waals surface area contributed by atoms with Gasteiger partial charge in [0, 0.05) is 45.3 Å². The van der Waals surface area contributed by atoms with Crippen LogP contribution in [0.25, 0.3) is 0 Å². The molecule has 2 aliphatic heterocycles. The van der Waals surface area contributed by atoms with Crippen LogP contribution in [0.15, 0.2) is 24.3 Å². The molecule has 2 heterocycles. The highest BCUT2D eigenvalue weighted by molar-refractivity contribution is 5.96. The van der Waals surface area contributed by atoms with E-state index in [1.165, 1.54) is 18.4 Å². The van der Waals surface area contributed by atoms with Gasteiger partial charge < -0.3 is 14.7 Å². The third kappa shape index (κ3) is 3.97. The molecular weight excluding hydrogens is 314 g/mol. The molecule has 0 radical (unpaired) electrons. The average Bonchev–Trinajstić information content (AvgIpc) is 2.61. The van der Waals surface area contributed by atoms with Gasteiger partial charge in [-0.1, -0.05) is 24.6 Å². The van der Waals surface area contributed by atoms with Crippen molar-refractivity contribution in [3.8, 4) is 0 Å². The smallest absolute Gasteiger partial charge is 0.319 e. The molecule has 5 nitrogen and oxygen atoms in total. The second kappa shape index (κ2) is 7.89. The predicted octanol–water partition coefficient (Wildman–Crippen LogP) is 3.14. The summed E-state index contributed by atoms with van der Waals surface area (Å²) in [7, 11) is 3.55. The average molecular weight is 343 g/mol. The quantitative estimate of drug-likeness (QED) is 0.786. The lowest BCUT2D eigenvalue weighted by atomic mass is 9.93. The van der Waals surface area contributed by atoms with Crippen molar-refractivity contribution in [2.24, 2.45) is 5.92 Å². The van der Waals surface area contributed by atoms with Gasteiger partial charge in [-0.2, -0.15) is 0 Å². The Kier molecular flexibility index (Phi) is 5.61. The van der Waals surface area contributed by atoms with Crippen LogP contribution in [0.3, 0.4) is 0 Å². The zero-order valence-corrected chi connectivity index (χ0v) is 15.4. The summed E-state index contributed by atoms with van der Waals surface area (Å²) in [6.45, 7) is 2.15. The third-order valence-corrected chi connectivity index (χ3v) is 5.37. The molecular formula is C20H29N3O2. The van der Waals surface area contributed by atoms with E-state index in [4.69, 9.17) is 0 Å². The minimum atomic E-state index is 0.0266. The van der Waals surface area contributed by atoms with Gasteiger partial charge in [-0.15, -0.1) is 0 Å². The van der Waals surface area contributed by atoms with E-state index in [2.05, 4.69) is 18.2 Å². The Bertz CT molecular complexity index is 621. The van der Waals surface area contributed by atoms with E-state index in [1.807, 2.05) is 15.9 Å². The molecule has 0 aromatic heterocycles. The Hall–Kier alpha value is -2.04. The molecule has 0 bridgehead atoms. The maximum absolute atomic E-state index is 13.2. The van der Waals surface area contributed by atoms with Crippen molar-refractivity contribution in [2.45, 2.75) is 38.5 Å². The van der Waals surface area contributed by atoms with Crippen LogP contribution in [-0.2, 0) is 11.2 Å². The summed E-state index contributed by atoms with van der Waals surface area (Å²) >= 11 is 0. The largest absolute Gasteiger partial charge is 0.331 e. The highest BCUT2D eigenvalue weighted by Gasteiger charge is 2.32. The lowest BCUT2D eigenvalue weighted by molar-refractivity contribution is -0.123. The molecule has 0 unspecified atom stereocenters. The molecule has 0 spiro atoms. The third-order valence-electron chi connectivity index (χ3n) is 5.37. The van der Waals surface area contributed by atoms with Crippen LogP contribution in [0.4, 0.5) is 10.5 Å². The number of rotatable bonds is 1. The molecule has 1 saturated heterocycles. The number of piperidine rings is 1. The number of urea groups is 1. The fraction of sp³-hybridized carbons (Fsp3) is 0.600. The van der Waals surface area contributed by atoms with Crippen LogP contribution < -0.4 is 4.90 Å². The van der Waals surface area contributed by atoms with Crippen molar-refractivity contribution in [3.63, 3.8) is 0 Å². The predicted molar refractivity (Wildman–Crippen MR) is 99.7 cm³/mol. The number of fused-ring (bicyclic) bond motifs is 1. The van der Waals surface area contributed by atoms with Crippen LogP contribution in [-0.4, -0.2) is 55.5 Å². The summed E-state index contributed by atoms with van der Waals surface area (Å²) in [6, 6.07) is 8.37. The normalized spacial score (nSPS) is 19.0. The topological polar surface area (TPSA) is 43.9 Å². The van der Waals surface area contributed by atoms with Gasteiger partial charge in [0.15, 0.2) is 0 Å². The number of aryl methyl sites for hydroxylation is 1. The molecule has 0 atom stereocenters. The molecule has 136 valence electrons. The molecule has 1 aromatic rings. The minimum Gasteiger partial charge on any atom is -0.331 e. The zero-order chi connectivity index (χ0) is 17.8. The molecule has 3 rings (SSSR count). The first-order valence-corrected chi connectivity index (χ1v) is 9.43. The van der Waals surface area contributed by atoms with Gasteiger partial charge in [-0.05, 0) is 43.7 Å². The molecule has 5 heteroatoms. The van der Waals surface area contributed by atoms with Crippen molar-refractivity contribution < 1.29 is 9.59 Å². The van der Waals surface area contributed by atoms with Gasteiger partial charge in [0.25, 0.3) is 0 Å². The van der Waals surface area contributed by atoms with E-state index in [0.29, 0.717) is 13.1 Å². The molecule has 0 saturated carbocycles. The number of hydrogen-bond donors (Lipinski definition) is 0. The monoisotopic (exact) mass is 343 g/mol. The van der Waals surface area contributed by atoms with Crippen molar-refractivity contribution in [3.05, 3.63) is 29.8 Å². The highest BCUT2D eigenvalue weighted by atomic mass is 16.2. The molecule has 1 fully saturated rings. The number of anilines is 1.